The molecule has 7 N–H and O–H groups in total. The molecule has 0 saturated carbocycles. The van der Waals surface area contributed by atoms with Crippen molar-refractivity contribution in [3.05, 3.63) is 77.9 Å². The van der Waals surface area contributed by atoms with Crippen LogP contribution in [0.25, 0.3) is 11.1 Å². The molecule has 1 amide bonds. The van der Waals surface area contributed by atoms with Crippen molar-refractivity contribution in [3.8, 4) is 22.6 Å². The van der Waals surface area contributed by atoms with Gasteiger partial charge < -0.3 is 25.6 Å². The highest BCUT2D eigenvalue weighted by Gasteiger charge is 2.15. The molecule has 182 valence electrons. The summed E-state index contributed by atoms with van der Waals surface area (Å²) in [6, 6.07) is 16.7. The van der Waals surface area contributed by atoms with E-state index < -0.39 is 28.5 Å². The summed E-state index contributed by atoms with van der Waals surface area (Å²) in [5, 5.41) is 24.2. The van der Waals surface area contributed by atoms with Crippen LogP contribution in [0.3, 0.4) is 0 Å². The normalized spacial score (nSPS) is 10.9. The Morgan fingerprint density at radius 1 is 0.943 bits per heavy atom. The van der Waals surface area contributed by atoms with Crippen molar-refractivity contribution < 1.29 is 32.6 Å². The van der Waals surface area contributed by atoms with Crippen LogP contribution in [0.5, 0.6) is 11.5 Å². The SMILES string of the molecule is N=C(N)c1ccc(OCC(=O)O)c(OCNC(=O)c2ccc(-c3ccccc3S(N)(=O)=O)cc2)c1. The second-order valence-electron chi connectivity index (χ2n) is 7.17. The predicted molar refractivity (Wildman–Crippen MR) is 127 cm³/mol. The van der Waals surface area contributed by atoms with Gasteiger partial charge in [-0.15, -0.1) is 0 Å². The number of carbonyl (C=O) groups excluding carboxylic acids is 1. The molecule has 3 rings (SSSR count). The molecule has 0 unspecified atom stereocenters. The molecule has 11 nitrogen and oxygen atoms in total. The number of carboxylic acids is 1. The van der Waals surface area contributed by atoms with E-state index in [-0.39, 0.29) is 34.5 Å². The number of nitrogens with two attached hydrogens (primary N) is 2. The van der Waals surface area contributed by atoms with Crippen LogP contribution < -0.4 is 25.7 Å². The van der Waals surface area contributed by atoms with Crippen molar-refractivity contribution in [2.24, 2.45) is 10.9 Å². The summed E-state index contributed by atoms with van der Waals surface area (Å²) in [5.74, 6) is -1.70. The summed E-state index contributed by atoms with van der Waals surface area (Å²) in [6.07, 6.45) is 0. The van der Waals surface area contributed by atoms with Crippen LogP contribution in [-0.4, -0.2) is 44.6 Å². The maximum absolute atomic E-state index is 12.5. The number of carboxylic acid groups (broad SMARTS) is 1. The molecule has 0 heterocycles. The summed E-state index contributed by atoms with van der Waals surface area (Å²) in [5.41, 5.74) is 7.05. The van der Waals surface area contributed by atoms with E-state index in [1.165, 1.54) is 36.4 Å². The molecule has 0 bridgehead atoms. The Hall–Kier alpha value is -4.42. The molecule has 0 aliphatic rings. The standard InChI is InChI=1S/C23H22N4O7S/c24-22(25)16-9-10-18(33-12-21(28)29)19(11-16)34-13-27-23(30)15-7-5-14(6-8-15)17-3-1-2-4-20(17)35(26,31)32/h1-11H,12-13H2,(H3,24,25)(H,27,30)(H,28,29)(H2,26,31,32). The maximum atomic E-state index is 12.5. The molecule has 0 atom stereocenters. The van der Waals surface area contributed by atoms with Crippen LogP contribution in [-0.2, 0) is 14.8 Å². The average molecular weight is 499 g/mol. The lowest BCUT2D eigenvalue weighted by Crippen LogP contribution is -2.28. The molecule has 3 aromatic carbocycles. The monoisotopic (exact) mass is 498 g/mol. The second-order valence-corrected chi connectivity index (χ2v) is 8.70. The van der Waals surface area contributed by atoms with Crippen molar-refractivity contribution in [2.75, 3.05) is 13.3 Å². The van der Waals surface area contributed by atoms with E-state index in [1.807, 2.05) is 0 Å². The molecule has 0 aromatic heterocycles. The molecule has 12 heteroatoms. The van der Waals surface area contributed by atoms with Gasteiger partial charge in [0, 0.05) is 16.7 Å². The van der Waals surface area contributed by atoms with Gasteiger partial charge in [-0.3, -0.25) is 10.2 Å². The molecule has 0 radical (unpaired) electrons. The van der Waals surface area contributed by atoms with Crippen molar-refractivity contribution in [3.63, 3.8) is 0 Å². The number of nitrogens with one attached hydrogen (secondary N) is 2. The van der Waals surface area contributed by atoms with E-state index in [0.717, 1.165) is 0 Å². The third kappa shape index (κ3) is 6.56. The molecule has 0 saturated heterocycles. The molecule has 35 heavy (non-hydrogen) atoms. The summed E-state index contributed by atoms with van der Waals surface area (Å²) >= 11 is 0. The highest BCUT2D eigenvalue weighted by atomic mass is 32.2. The first-order chi connectivity index (χ1) is 16.6. The van der Waals surface area contributed by atoms with Gasteiger partial charge in [0.15, 0.2) is 24.8 Å². The fraction of sp³-hybridized carbons (Fsp3) is 0.0870. The first kappa shape index (κ1) is 25.2. The Morgan fingerprint density at radius 3 is 2.23 bits per heavy atom. The summed E-state index contributed by atoms with van der Waals surface area (Å²) in [4.78, 5) is 23.3. The second kappa shape index (κ2) is 10.7. The van der Waals surface area contributed by atoms with Crippen molar-refractivity contribution in [1.29, 1.82) is 5.41 Å². The fourth-order valence-electron chi connectivity index (χ4n) is 3.08. The number of amides is 1. The topological polar surface area (TPSA) is 195 Å². The van der Waals surface area contributed by atoms with Crippen LogP contribution >= 0.6 is 0 Å². The van der Waals surface area contributed by atoms with Gasteiger partial charge in [-0.25, -0.2) is 18.4 Å². The maximum Gasteiger partial charge on any atom is 0.341 e. The van der Waals surface area contributed by atoms with Crippen molar-refractivity contribution in [1.82, 2.24) is 5.32 Å². The van der Waals surface area contributed by atoms with Gasteiger partial charge in [0.25, 0.3) is 5.91 Å². The van der Waals surface area contributed by atoms with Crippen molar-refractivity contribution in [2.45, 2.75) is 4.90 Å². The van der Waals surface area contributed by atoms with E-state index in [1.54, 1.807) is 30.3 Å². The number of aliphatic carboxylic acids is 1. The zero-order valence-corrected chi connectivity index (χ0v) is 19.0. The van der Waals surface area contributed by atoms with Gasteiger partial charge in [-0.1, -0.05) is 30.3 Å². The quantitative estimate of drug-likeness (QED) is 0.157. The Labute approximate surface area is 200 Å². The van der Waals surface area contributed by atoms with Gasteiger partial charge in [0.2, 0.25) is 10.0 Å². The highest BCUT2D eigenvalue weighted by molar-refractivity contribution is 7.89. The lowest BCUT2D eigenvalue weighted by atomic mass is 10.0. The molecular formula is C23H22N4O7S. The first-order valence-electron chi connectivity index (χ1n) is 10.0. The van der Waals surface area contributed by atoms with Gasteiger partial charge in [-0.2, -0.15) is 0 Å². The zero-order valence-electron chi connectivity index (χ0n) is 18.2. The number of benzene rings is 3. The van der Waals surface area contributed by atoms with Gasteiger partial charge >= 0.3 is 5.97 Å². The Balaban J connectivity index is 1.70. The van der Waals surface area contributed by atoms with E-state index >= 15 is 0 Å². The lowest BCUT2D eigenvalue weighted by molar-refractivity contribution is -0.139. The van der Waals surface area contributed by atoms with Crippen LogP contribution in [0.15, 0.2) is 71.6 Å². The Morgan fingerprint density at radius 2 is 1.60 bits per heavy atom. The number of ether oxygens (including phenoxy) is 2. The molecule has 0 spiro atoms. The van der Waals surface area contributed by atoms with E-state index in [9.17, 15) is 18.0 Å². The molecule has 0 aliphatic carbocycles. The number of nitrogen functional groups attached to an aromatic ring is 1. The number of hydrogen-bond acceptors (Lipinski definition) is 7. The number of amidine groups is 1. The van der Waals surface area contributed by atoms with E-state index in [0.29, 0.717) is 16.7 Å². The number of hydrogen-bond donors (Lipinski definition) is 5. The summed E-state index contributed by atoms with van der Waals surface area (Å²) < 4.78 is 34.4. The van der Waals surface area contributed by atoms with Crippen molar-refractivity contribution >= 4 is 27.7 Å². The lowest BCUT2D eigenvalue weighted by Gasteiger charge is -2.14. The fourth-order valence-corrected chi connectivity index (χ4v) is 3.84. The van der Waals surface area contributed by atoms with Gasteiger partial charge in [0.1, 0.15) is 5.84 Å². The number of primary sulfonamides is 1. The van der Waals surface area contributed by atoms with Crippen LogP contribution in [0.2, 0.25) is 0 Å². The van der Waals surface area contributed by atoms with E-state index in [4.69, 9.17) is 30.9 Å². The average Bonchev–Trinajstić information content (AvgIpc) is 2.82. The third-order valence-electron chi connectivity index (χ3n) is 4.72. The van der Waals surface area contributed by atoms with Crippen LogP contribution in [0, 0.1) is 5.41 Å². The van der Waals surface area contributed by atoms with Gasteiger partial charge in [0.05, 0.1) is 4.90 Å². The minimum atomic E-state index is -3.93. The molecule has 3 aromatic rings. The zero-order chi connectivity index (χ0) is 25.6. The number of sulfonamides is 1. The summed E-state index contributed by atoms with van der Waals surface area (Å²) in [6.45, 7) is -0.900. The third-order valence-corrected chi connectivity index (χ3v) is 5.69. The van der Waals surface area contributed by atoms with Gasteiger partial charge in [-0.05, 0) is 42.0 Å². The predicted octanol–water partition coefficient (Wildman–Crippen LogP) is 1.51. The Bertz CT molecular complexity index is 1370. The minimum Gasteiger partial charge on any atom is -0.479 e. The minimum absolute atomic E-state index is 0.0284. The van der Waals surface area contributed by atoms with Crippen LogP contribution in [0.1, 0.15) is 15.9 Å². The summed E-state index contributed by atoms with van der Waals surface area (Å²) in [7, 11) is -3.93. The Kier molecular flexibility index (Phi) is 7.69. The largest absolute Gasteiger partial charge is 0.479 e. The first-order valence-corrected chi connectivity index (χ1v) is 11.6. The number of rotatable bonds is 10. The van der Waals surface area contributed by atoms with Crippen LogP contribution in [0.4, 0.5) is 0 Å². The molecule has 0 aliphatic heterocycles. The molecule has 0 fully saturated rings. The number of carbonyl (C=O) groups is 2. The highest BCUT2D eigenvalue weighted by Crippen LogP contribution is 2.29. The smallest absolute Gasteiger partial charge is 0.341 e. The molecular weight excluding hydrogens is 476 g/mol. The van der Waals surface area contributed by atoms with E-state index in [2.05, 4.69) is 5.32 Å².